The normalized spacial score (nSPS) is 10.0. The summed E-state index contributed by atoms with van der Waals surface area (Å²) in [5.74, 6) is 0.385. The van der Waals surface area contributed by atoms with Gasteiger partial charge < -0.3 is 14.8 Å². The number of pyridine rings is 1. The largest absolute Gasteiger partial charge is 0.491 e. The summed E-state index contributed by atoms with van der Waals surface area (Å²) in [6, 6.07) is 3.74. The van der Waals surface area contributed by atoms with E-state index in [-0.39, 0.29) is 12.4 Å². The Kier molecular flexibility index (Phi) is 6.03. The predicted molar refractivity (Wildman–Crippen MR) is 63.7 cm³/mol. The quantitative estimate of drug-likeness (QED) is 0.722. The van der Waals surface area contributed by atoms with Gasteiger partial charge in [-0.05, 0) is 18.7 Å². The minimum absolute atomic E-state index is 0.246. The second kappa shape index (κ2) is 7.62. The molecule has 0 aliphatic rings. The first-order valence-corrected chi connectivity index (χ1v) is 5.61. The number of rotatable bonds is 7. The van der Waals surface area contributed by atoms with Crippen molar-refractivity contribution in [3.63, 3.8) is 0 Å². The first kappa shape index (κ1) is 13.4. The molecule has 1 N–H and O–H groups in total. The van der Waals surface area contributed by atoms with Crippen LogP contribution < -0.4 is 10.1 Å². The number of nitrogens with zero attached hydrogens (tertiary/aromatic N) is 1. The molecule has 0 spiro atoms. The molecule has 5 nitrogen and oxygen atoms in total. The van der Waals surface area contributed by atoms with E-state index >= 15 is 0 Å². The summed E-state index contributed by atoms with van der Waals surface area (Å²) in [7, 11) is 1.36. The van der Waals surface area contributed by atoms with Crippen LogP contribution in [-0.2, 0) is 16.1 Å². The Morgan fingerprint density at radius 3 is 2.88 bits per heavy atom. The van der Waals surface area contributed by atoms with E-state index in [9.17, 15) is 4.79 Å². The van der Waals surface area contributed by atoms with Crippen molar-refractivity contribution >= 4 is 5.97 Å². The summed E-state index contributed by atoms with van der Waals surface area (Å²) in [4.78, 5) is 15.1. The average molecular weight is 238 g/mol. The molecule has 17 heavy (non-hydrogen) atoms. The lowest BCUT2D eigenvalue weighted by atomic mass is 10.3. The molecular formula is C12H18N2O3. The van der Waals surface area contributed by atoms with Gasteiger partial charge in [-0.2, -0.15) is 0 Å². The van der Waals surface area contributed by atoms with Crippen molar-refractivity contribution in [1.82, 2.24) is 10.3 Å². The van der Waals surface area contributed by atoms with Gasteiger partial charge in [-0.25, -0.2) is 0 Å². The summed E-state index contributed by atoms with van der Waals surface area (Å²) in [5, 5.41) is 3.19. The molecule has 0 saturated heterocycles. The fourth-order valence-electron chi connectivity index (χ4n) is 1.21. The highest BCUT2D eigenvalue weighted by atomic mass is 16.5. The predicted octanol–water partition coefficient (Wildman–Crippen LogP) is 1.13. The number of aromatic nitrogens is 1. The maximum atomic E-state index is 10.8. The Bertz CT molecular complexity index is 338. The lowest BCUT2D eigenvalue weighted by Crippen LogP contribution is -2.12. The van der Waals surface area contributed by atoms with Crippen LogP contribution in [0, 0.1) is 0 Å². The van der Waals surface area contributed by atoms with Crippen LogP contribution in [0.15, 0.2) is 18.3 Å². The number of ether oxygens (including phenoxy) is 2. The van der Waals surface area contributed by atoms with E-state index in [0.29, 0.717) is 12.4 Å². The summed E-state index contributed by atoms with van der Waals surface area (Å²) in [6.07, 6.45) is 1.90. The van der Waals surface area contributed by atoms with Gasteiger partial charge in [-0.15, -0.1) is 0 Å². The number of carbonyl (C=O) groups is 1. The third-order valence-corrected chi connectivity index (χ3v) is 2.16. The average Bonchev–Trinajstić information content (AvgIpc) is 2.37. The lowest BCUT2D eigenvalue weighted by Gasteiger charge is -2.06. The monoisotopic (exact) mass is 238 g/mol. The summed E-state index contributed by atoms with van der Waals surface area (Å²) in [5.41, 5.74) is 0.965. The minimum Gasteiger partial charge on any atom is -0.491 e. The van der Waals surface area contributed by atoms with Gasteiger partial charge >= 0.3 is 5.97 Å². The maximum absolute atomic E-state index is 10.8. The minimum atomic E-state index is -0.276. The van der Waals surface area contributed by atoms with Crippen molar-refractivity contribution in [3.8, 4) is 5.75 Å². The SMILES string of the molecule is CCNCc1ccc(OCCC(=O)OC)cn1. The molecule has 0 radical (unpaired) electrons. The van der Waals surface area contributed by atoms with Crippen LogP contribution in [0.3, 0.4) is 0 Å². The Labute approximate surface area is 101 Å². The summed E-state index contributed by atoms with van der Waals surface area (Å²) in [6.45, 7) is 4.02. The molecule has 1 aromatic heterocycles. The molecule has 1 heterocycles. The third-order valence-electron chi connectivity index (χ3n) is 2.16. The van der Waals surface area contributed by atoms with Crippen molar-refractivity contribution < 1.29 is 14.3 Å². The molecule has 0 amide bonds. The van der Waals surface area contributed by atoms with Crippen molar-refractivity contribution in [2.75, 3.05) is 20.3 Å². The Morgan fingerprint density at radius 1 is 1.47 bits per heavy atom. The van der Waals surface area contributed by atoms with Gasteiger partial charge in [-0.1, -0.05) is 6.92 Å². The number of hydrogen-bond donors (Lipinski definition) is 1. The highest BCUT2D eigenvalue weighted by molar-refractivity contribution is 5.69. The molecule has 0 atom stereocenters. The first-order chi connectivity index (χ1) is 8.26. The Morgan fingerprint density at radius 2 is 2.29 bits per heavy atom. The molecule has 0 saturated carbocycles. The molecule has 0 bridgehead atoms. The van der Waals surface area contributed by atoms with E-state index in [1.165, 1.54) is 7.11 Å². The summed E-state index contributed by atoms with van der Waals surface area (Å²) >= 11 is 0. The Hall–Kier alpha value is -1.62. The zero-order valence-electron chi connectivity index (χ0n) is 10.2. The second-order valence-electron chi connectivity index (χ2n) is 3.44. The number of carbonyl (C=O) groups excluding carboxylic acids is 1. The van der Waals surface area contributed by atoms with E-state index < -0.39 is 0 Å². The lowest BCUT2D eigenvalue weighted by molar-refractivity contribution is -0.141. The van der Waals surface area contributed by atoms with Crippen LogP contribution in [-0.4, -0.2) is 31.2 Å². The van der Waals surface area contributed by atoms with Crippen LogP contribution in [0.25, 0.3) is 0 Å². The summed E-state index contributed by atoms with van der Waals surface area (Å²) < 4.78 is 9.86. The van der Waals surface area contributed by atoms with Crippen molar-refractivity contribution in [2.45, 2.75) is 19.9 Å². The zero-order chi connectivity index (χ0) is 12.5. The van der Waals surface area contributed by atoms with E-state index in [1.54, 1.807) is 6.20 Å². The topological polar surface area (TPSA) is 60.5 Å². The van der Waals surface area contributed by atoms with E-state index in [0.717, 1.165) is 18.8 Å². The van der Waals surface area contributed by atoms with Crippen molar-refractivity contribution in [1.29, 1.82) is 0 Å². The molecule has 0 aliphatic carbocycles. The van der Waals surface area contributed by atoms with Crippen LogP contribution in [0.1, 0.15) is 19.0 Å². The molecular weight excluding hydrogens is 220 g/mol. The van der Waals surface area contributed by atoms with E-state index in [1.807, 2.05) is 19.1 Å². The number of methoxy groups -OCH3 is 1. The fourth-order valence-corrected chi connectivity index (χ4v) is 1.21. The zero-order valence-corrected chi connectivity index (χ0v) is 10.2. The fraction of sp³-hybridized carbons (Fsp3) is 0.500. The van der Waals surface area contributed by atoms with Crippen molar-refractivity contribution in [2.24, 2.45) is 0 Å². The van der Waals surface area contributed by atoms with Gasteiger partial charge in [0.2, 0.25) is 0 Å². The van der Waals surface area contributed by atoms with Gasteiger partial charge in [0.1, 0.15) is 5.75 Å². The number of hydrogen-bond acceptors (Lipinski definition) is 5. The van der Waals surface area contributed by atoms with Gasteiger partial charge in [0.15, 0.2) is 0 Å². The first-order valence-electron chi connectivity index (χ1n) is 5.61. The molecule has 5 heteroatoms. The van der Waals surface area contributed by atoms with Crippen molar-refractivity contribution in [3.05, 3.63) is 24.0 Å². The van der Waals surface area contributed by atoms with Crippen LogP contribution in [0.2, 0.25) is 0 Å². The van der Waals surface area contributed by atoms with E-state index in [4.69, 9.17) is 4.74 Å². The molecule has 0 aromatic carbocycles. The third kappa shape index (κ3) is 5.31. The highest BCUT2D eigenvalue weighted by Gasteiger charge is 2.01. The molecule has 0 aliphatic heterocycles. The molecule has 94 valence electrons. The van der Waals surface area contributed by atoms with Gasteiger partial charge in [0, 0.05) is 6.54 Å². The standard InChI is InChI=1S/C12H18N2O3/c1-3-13-8-10-4-5-11(9-14-10)17-7-6-12(15)16-2/h4-5,9,13H,3,6-8H2,1-2H3. The van der Waals surface area contributed by atoms with E-state index in [2.05, 4.69) is 15.0 Å². The van der Waals surface area contributed by atoms with Crippen LogP contribution in [0.4, 0.5) is 0 Å². The highest BCUT2D eigenvalue weighted by Crippen LogP contribution is 2.09. The smallest absolute Gasteiger partial charge is 0.308 e. The number of esters is 1. The molecule has 0 unspecified atom stereocenters. The Balaban J connectivity index is 2.32. The second-order valence-corrected chi connectivity index (χ2v) is 3.44. The van der Waals surface area contributed by atoms with Crippen LogP contribution in [0.5, 0.6) is 5.75 Å². The van der Waals surface area contributed by atoms with Crippen LogP contribution >= 0.6 is 0 Å². The molecule has 1 aromatic rings. The molecule has 1 rings (SSSR count). The van der Waals surface area contributed by atoms with Gasteiger partial charge in [0.05, 0.1) is 32.0 Å². The maximum Gasteiger partial charge on any atom is 0.308 e. The molecule has 0 fully saturated rings. The van der Waals surface area contributed by atoms with Gasteiger partial charge in [-0.3, -0.25) is 9.78 Å². The van der Waals surface area contributed by atoms with Gasteiger partial charge in [0.25, 0.3) is 0 Å². The number of nitrogens with one attached hydrogen (secondary N) is 1.